The molecule has 2 heterocycles. The number of carbonyl (C=O) groups is 1. The molecule has 2 saturated heterocycles. The van der Waals surface area contributed by atoms with Gasteiger partial charge in [-0.1, -0.05) is 84.4 Å². The molecule has 0 bridgehead atoms. The lowest BCUT2D eigenvalue weighted by molar-refractivity contribution is 0.0953. The predicted octanol–water partition coefficient (Wildman–Crippen LogP) is 4.96. The highest BCUT2D eigenvalue weighted by atomic mass is 35.5. The third-order valence-electron chi connectivity index (χ3n) is 5.28. The maximum atomic E-state index is 13.0. The van der Waals surface area contributed by atoms with Crippen molar-refractivity contribution in [2.24, 2.45) is 0 Å². The summed E-state index contributed by atoms with van der Waals surface area (Å²) in [5.74, 6) is -0.00944. The number of rotatable bonds is 5. The van der Waals surface area contributed by atoms with E-state index in [-0.39, 0.29) is 18.0 Å². The van der Waals surface area contributed by atoms with Gasteiger partial charge in [-0.05, 0) is 23.3 Å². The van der Waals surface area contributed by atoms with Crippen LogP contribution in [0.4, 0.5) is 0 Å². The first-order chi connectivity index (χ1) is 13.2. The van der Waals surface area contributed by atoms with Gasteiger partial charge in [0.2, 0.25) is 0 Å². The van der Waals surface area contributed by atoms with Crippen LogP contribution in [-0.4, -0.2) is 18.0 Å². The summed E-state index contributed by atoms with van der Waals surface area (Å²) in [6.07, 6.45) is -0.834. The van der Waals surface area contributed by atoms with Crippen LogP contribution in [0.25, 0.3) is 0 Å². The molecule has 3 aromatic carbocycles. The normalized spacial score (nSPS) is 28.6. The molecule has 4 atom stereocenters. The van der Waals surface area contributed by atoms with Gasteiger partial charge < -0.3 is 9.47 Å². The predicted molar refractivity (Wildman–Crippen MR) is 103 cm³/mol. The Morgan fingerprint density at radius 1 is 0.852 bits per heavy atom. The van der Waals surface area contributed by atoms with E-state index in [0.717, 1.165) is 11.1 Å². The van der Waals surface area contributed by atoms with E-state index in [4.69, 9.17) is 21.1 Å². The lowest BCUT2D eigenvalue weighted by atomic mass is 9.86. The minimum absolute atomic E-state index is 0.00944. The lowest BCUT2D eigenvalue weighted by Gasteiger charge is -2.11. The summed E-state index contributed by atoms with van der Waals surface area (Å²) in [6, 6.07) is 26.8. The average molecular weight is 377 g/mol. The van der Waals surface area contributed by atoms with Crippen molar-refractivity contribution in [2.45, 2.75) is 23.9 Å². The number of hydrogen-bond acceptors (Lipinski definition) is 3. The van der Waals surface area contributed by atoms with Crippen molar-refractivity contribution in [1.29, 1.82) is 0 Å². The van der Waals surface area contributed by atoms with Crippen LogP contribution in [0.5, 0.6) is 0 Å². The van der Waals surface area contributed by atoms with Crippen LogP contribution in [0.3, 0.4) is 0 Å². The quantitative estimate of drug-likeness (QED) is 0.467. The van der Waals surface area contributed by atoms with Crippen molar-refractivity contribution in [3.05, 3.63) is 107 Å². The van der Waals surface area contributed by atoms with Gasteiger partial charge in [-0.25, -0.2) is 0 Å². The van der Waals surface area contributed by atoms with Crippen molar-refractivity contribution < 1.29 is 14.3 Å². The highest BCUT2D eigenvalue weighted by Crippen LogP contribution is 2.61. The highest BCUT2D eigenvalue weighted by Gasteiger charge is 2.73. The first-order valence-electron chi connectivity index (χ1n) is 8.94. The van der Waals surface area contributed by atoms with E-state index in [9.17, 15) is 4.79 Å². The minimum Gasteiger partial charge on any atom is -0.361 e. The number of ketones is 1. The number of epoxide rings is 2. The second-order valence-corrected chi connectivity index (χ2v) is 7.35. The zero-order chi connectivity index (χ0) is 18.4. The summed E-state index contributed by atoms with van der Waals surface area (Å²) in [5.41, 5.74) is 1.93. The molecule has 0 aliphatic carbocycles. The van der Waals surface area contributed by atoms with Gasteiger partial charge in [-0.3, -0.25) is 4.79 Å². The fourth-order valence-corrected chi connectivity index (χ4v) is 3.93. The van der Waals surface area contributed by atoms with Crippen molar-refractivity contribution in [1.82, 2.24) is 0 Å². The average Bonchev–Trinajstić information content (AvgIpc) is 3.62. The molecule has 0 aromatic heterocycles. The van der Waals surface area contributed by atoms with Gasteiger partial charge in [-0.2, -0.15) is 0 Å². The van der Waals surface area contributed by atoms with Crippen molar-refractivity contribution in [2.75, 3.05) is 0 Å². The number of halogens is 1. The second-order valence-electron chi connectivity index (χ2n) is 6.92. The number of hydrogen-bond donors (Lipinski definition) is 0. The molecule has 0 radical (unpaired) electrons. The molecular weight excluding hydrogens is 360 g/mol. The summed E-state index contributed by atoms with van der Waals surface area (Å²) in [4.78, 5) is 13.0. The molecular formula is C23H17ClO3. The van der Waals surface area contributed by atoms with Crippen LogP contribution in [0, 0.1) is 0 Å². The zero-order valence-corrected chi connectivity index (χ0v) is 15.2. The third-order valence-corrected chi connectivity index (χ3v) is 5.53. The van der Waals surface area contributed by atoms with Crippen LogP contribution in [0.2, 0.25) is 5.02 Å². The molecule has 3 aromatic rings. The van der Waals surface area contributed by atoms with Crippen molar-refractivity contribution >= 4 is 17.4 Å². The third kappa shape index (κ3) is 2.79. The van der Waals surface area contributed by atoms with Crippen molar-refractivity contribution in [3.63, 3.8) is 0 Å². The van der Waals surface area contributed by atoms with Gasteiger partial charge in [0.25, 0.3) is 0 Å². The van der Waals surface area contributed by atoms with E-state index < -0.39 is 11.7 Å². The van der Waals surface area contributed by atoms with E-state index in [1.54, 1.807) is 0 Å². The first kappa shape index (κ1) is 16.7. The molecule has 0 spiro atoms. The Balaban J connectivity index is 1.47. The Bertz CT molecular complexity index is 972. The monoisotopic (exact) mass is 376 g/mol. The fraction of sp³-hybridized carbons (Fsp3) is 0.174. The summed E-state index contributed by atoms with van der Waals surface area (Å²) in [7, 11) is 0. The molecule has 1 unspecified atom stereocenters. The SMILES string of the molecule is O=C(c1ccccc1)[C@@H]1O[C@@]1(c1ccccc1)C1O[C@H]1c1ccc(Cl)cc1. The van der Waals surface area contributed by atoms with Crippen LogP contribution in [0.1, 0.15) is 27.6 Å². The van der Waals surface area contributed by atoms with E-state index in [2.05, 4.69) is 0 Å². The minimum atomic E-state index is -0.738. The smallest absolute Gasteiger partial charge is 0.195 e. The molecule has 4 heteroatoms. The molecule has 27 heavy (non-hydrogen) atoms. The Morgan fingerprint density at radius 3 is 2.15 bits per heavy atom. The van der Waals surface area contributed by atoms with Gasteiger partial charge in [0, 0.05) is 10.6 Å². The summed E-state index contributed by atoms with van der Waals surface area (Å²) < 4.78 is 12.1. The number of benzene rings is 3. The molecule has 2 aliphatic heterocycles. The molecule has 5 rings (SSSR count). The van der Waals surface area contributed by atoms with Gasteiger partial charge in [0.15, 0.2) is 17.5 Å². The maximum absolute atomic E-state index is 13.0. The summed E-state index contributed by atoms with van der Waals surface area (Å²) in [5, 5.41) is 0.688. The van der Waals surface area contributed by atoms with Gasteiger partial charge in [-0.15, -0.1) is 0 Å². The molecule has 2 aliphatic rings. The fourth-order valence-electron chi connectivity index (χ4n) is 3.81. The molecule has 0 amide bonds. The van der Waals surface area contributed by atoms with Crippen molar-refractivity contribution in [3.8, 4) is 0 Å². The lowest BCUT2D eigenvalue weighted by Crippen LogP contribution is -2.25. The van der Waals surface area contributed by atoms with Crippen LogP contribution >= 0.6 is 11.6 Å². The standard InChI is InChI=1S/C23H17ClO3/c24-18-13-11-16(12-14-18)20-22(26-20)23(17-9-5-2-6-10-17)21(27-23)19(25)15-7-3-1-4-8-15/h1-14,20-22H/t20-,21-,22?,23+/m0/s1. The highest BCUT2D eigenvalue weighted by molar-refractivity contribution is 6.30. The van der Waals surface area contributed by atoms with E-state index in [0.29, 0.717) is 10.6 Å². The van der Waals surface area contributed by atoms with Gasteiger partial charge in [0.1, 0.15) is 12.2 Å². The van der Waals surface area contributed by atoms with E-state index in [1.807, 2.05) is 84.9 Å². The van der Waals surface area contributed by atoms with Gasteiger partial charge >= 0.3 is 0 Å². The van der Waals surface area contributed by atoms with E-state index >= 15 is 0 Å². The molecule has 0 saturated carbocycles. The first-order valence-corrected chi connectivity index (χ1v) is 9.31. The molecule has 0 N–H and O–H groups in total. The van der Waals surface area contributed by atoms with Crippen LogP contribution in [-0.2, 0) is 15.1 Å². The largest absolute Gasteiger partial charge is 0.361 e. The number of Topliss-reactive ketones (excluding diaryl/α,β-unsaturated/α-hetero) is 1. The van der Waals surface area contributed by atoms with Gasteiger partial charge in [0.05, 0.1) is 0 Å². The zero-order valence-electron chi connectivity index (χ0n) is 14.4. The van der Waals surface area contributed by atoms with E-state index in [1.165, 1.54) is 0 Å². The molecule has 2 fully saturated rings. The second kappa shape index (κ2) is 6.31. The number of carbonyl (C=O) groups excluding carboxylic acids is 1. The molecule has 3 nitrogen and oxygen atoms in total. The Kier molecular flexibility index (Phi) is 3.90. The summed E-state index contributed by atoms with van der Waals surface area (Å²) in [6.45, 7) is 0. The summed E-state index contributed by atoms with van der Waals surface area (Å²) >= 11 is 5.99. The Labute approximate surface area is 162 Å². The Morgan fingerprint density at radius 2 is 1.48 bits per heavy atom. The topological polar surface area (TPSA) is 42.1 Å². The molecule has 134 valence electrons. The number of ether oxygens (including phenoxy) is 2. The Hall–Kier alpha value is -2.46. The van der Waals surface area contributed by atoms with Crippen LogP contribution in [0.15, 0.2) is 84.9 Å². The maximum Gasteiger partial charge on any atom is 0.195 e. The van der Waals surface area contributed by atoms with Crippen LogP contribution < -0.4 is 0 Å².